The standard InChI is InChI=1S/C16H15N3O/c1-11-6-7-12(10-17)8-15(11)19-16(20)9-13-4-2-3-5-14(13)18/h2-8H,9,18H2,1H3,(H,19,20). The number of hydrogen-bond acceptors (Lipinski definition) is 3. The molecule has 0 atom stereocenters. The Bertz CT molecular complexity index is 686. The van der Waals surface area contributed by atoms with Crippen LogP contribution in [0.1, 0.15) is 16.7 Å². The SMILES string of the molecule is Cc1ccc(C#N)cc1NC(=O)Cc1ccccc1N. The van der Waals surface area contributed by atoms with Crippen molar-refractivity contribution in [3.05, 3.63) is 59.2 Å². The largest absolute Gasteiger partial charge is 0.398 e. The lowest BCUT2D eigenvalue weighted by Crippen LogP contribution is -2.16. The quantitative estimate of drug-likeness (QED) is 0.837. The summed E-state index contributed by atoms with van der Waals surface area (Å²) < 4.78 is 0. The molecule has 0 radical (unpaired) electrons. The fraction of sp³-hybridized carbons (Fsp3) is 0.125. The van der Waals surface area contributed by atoms with Gasteiger partial charge in [-0.25, -0.2) is 0 Å². The van der Waals surface area contributed by atoms with Gasteiger partial charge in [-0.15, -0.1) is 0 Å². The third kappa shape index (κ3) is 3.15. The summed E-state index contributed by atoms with van der Waals surface area (Å²) in [4.78, 5) is 12.0. The number of anilines is 2. The molecular weight excluding hydrogens is 250 g/mol. The van der Waals surface area contributed by atoms with Gasteiger partial charge in [0.05, 0.1) is 18.1 Å². The first-order valence-electron chi connectivity index (χ1n) is 6.24. The van der Waals surface area contributed by atoms with Gasteiger partial charge in [-0.2, -0.15) is 5.26 Å². The zero-order valence-electron chi connectivity index (χ0n) is 11.2. The molecular formula is C16H15N3O. The average Bonchev–Trinajstić information content (AvgIpc) is 2.44. The van der Waals surface area contributed by atoms with E-state index in [4.69, 9.17) is 11.0 Å². The Labute approximate surface area is 117 Å². The second-order valence-electron chi connectivity index (χ2n) is 4.57. The normalized spacial score (nSPS) is 9.80. The van der Waals surface area contributed by atoms with Crippen LogP contribution in [-0.4, -0.2) is 5.91 Å². The summed E-state index contributed by atoms with van der Waals surface area (Å²) in [5, 5.41) is 11.7. The topological polar surface area (TPSA) is 78.9 Å². The van der Waals surface area contributed by atoms with Crippen LogP contribution < -0.4 is 11.1 Å². The molecule has 2 aromatic rings. The number of nitrogens with two attached hydrogens (primary N) is 1. The van der Waals surface area contributed by atoms with Gasteiger partial charge in [-0.3, -0.25) is 4.79 Å². The fourth-order valence-electron chi connectivity index (χ4n) is 1.89. The molecule has 2 rings (SSSR count). The van der Waals surface area contributed by atoms with Crippen molar-refractivity contribution in [3.8, 4) is 6.07 Å². The zero-order valence-corrected chi connectivity index (χ0v) is 11.2. The number of nitriles is 1. The lowest BCUT2D eigenvalue weighted by molar-refractivity contribution is -0.115. The minimum atomic E-state index is -0.152. The van der Waals surface area contributed by atoms with Crippen molar-refractivity contribution in [3.63, 3.8) is 0 Å². The number of benzene rings is 2. The second kappa shape index (κ2) is 5.89. The van der Waals surface area contributed by atoms with Gasteiger partial charge in [-0.1, -0.05) is 24.3 Å². The number of rotatable bonds is 3. The summed E-state index contributed by atoms with van der Waals surface area (Å²) >= 11 is 0. The lowest BCUT2D eigenvalue weighted by atomic mass is 10.1. The number of aryl methyl sites for hydroxylation is 1. The summed E-state index contributed by atoms with van der Waals surface area (Å²) in [6.45, 7) is 1.88. The van der Waals surface area contributed by atoms with E-state index in [1.807, 2.05) is 31.2 Å². The van der Waals surface area contributed by atoms with E-state index in [2.05, 4.69) is 11.4 Å². The Balaban J connectivity index is 2.13. The van der Waals surface area contributed by atoms with Crippen molar-refractivity contribution in [1.82, 2.24) is 0 Å². The van der Waals surface area contributed by atoms with E-state index >= 15 is 0 Å². The number of carbonyl (C=O) groups is 1. The number of nitrogen functional groups attached to an aromatic ring is 1. The number of hydrogen-bond donors (Lipinski definition) is 2. The summed E-state index contributed by atoms with van der Waals surface area (Å²) in [5.74, 6) is -0.152. The van der Waals surface area contributed by atoms with Gasteiger partial charge in [0.1, 0.15) is 0 Å². The molecule has 0 fully saturated rings. The van der Waals surface area contributed by atoms with Crippen molar-refractivity contribution in [2.45, 2.75) is 13.3 Å². The Morgan fingerprint density at radius 2 is 2.05 bits per heavy atom. The molecule has 1 amide bonds. The number of nitrogens with zero attached hydrogens (tertiary/aromatic N) is 1. The van der Waals surface area contributed by atoms with Crippen LogP contribution in [0.3, 0.4) is 0 Å². The third-order valence-electron chi connectivity index (χ3n) is 3.05. The molecule has 0 spiro atoms. The highest BCUT2D eigenvalue weighted by molar-refractivity contribution is 5.93. The van der Waals surface area contributed by atoms with Crippen molar-refractivity contribution in [2.24, 2.45) is 0 Å². The predicted molar refractivity (Wildman–Crippen MR) is 79.1 cm³/mol. The number of amides is 1. The molecule has 3 N–H and O–H groups in total. The van der Waals surface area contributed by atoms with Crippen LogP contribution in [0, 0.1) is 18.3 Å². The summed E-state index contributed by atoms with van der Waals surface area (Å²) in [5.41, 5.74) is 9.30. The predicted octanol–water partition coefficient (Wildman–Crippen LogP) is 2.63. The van der Waals surface area contributed by atoms with Crippen LogP contribution >= 0.6 is 0 Å². The van der Waals surface area contributed by atoms with Gasteiger partial charge in [-0.05, 0) is 36.2 Å². The molecule has 20 heavy (non-hydrogen) atoms. The molecule has 0 heterocycles. The fourth-order valence-corrected chi connectivity index (χ4v) is 1.89. The number of nitrogens with one attached hydrogen (secondary N) is 1. The number of carbonyl (C=O) groups excluding carboxylic acids is 1. The van der Waals surface area contributed by atoms with Gasteiger partial charge < -0.3 is 11.1 Å². The highest BCUT2D eigenvalue weighted by atomic mass is 16.1. The molecule has 0 aliphatic carbocycles. The first kappa shape index (κ1) is 13.6. The van der Waals surface area contributed by atoms with Gasteiger partial charge in [0.25, 0.3) is 0 Å². The van der Waals surface area contributed by atoms with Crippen molar-refractivity contribution >= 4 is 17.3 Å². The van der Waals surface area contributed by atoms with E-state index in [0.29, 0.717) is 16.9 Å². The van der Waals surface area contributed by atoms with Gasteiger partial charge in [0, 0.05) is 11.4 Å². The van der Waals surface area contributed by atoms with Crippen LogP contribution in [0.25, 0.3) is 0 Å². The highest BCUT2D eigenvalue weighted by Gasteiger charge is 2.08. The molecule has 0 unspecified atom stereocenters. The Morgan fingerprint density at radius 3 is 2.75 bits per heavy atom. The van der Waals surface area contributed by atoms with Gasteiger partial charge in [0.15, 0.2) is 0 Å². The zero-order chi connectivity index (χ0) is 14.5. The summed E-state index contributed by atoms with van der Waals surface area (Å²) in [6, 6.07) is 14.5. The van der Waals surface area contributed by atoms with Crippen LogP contribution in [0.2, 0.25) is 0 Å². The lowest BCUT2D eigenvalue weighted by Gasteiger charge is -2.09. The summed E-state index contributed by atoms with van der Waals surface area (Å²) in [6.07, 6.45) is 0.211. The smallest absolute Gasteiger partial charge is 0.228 e. The molecule has 0 saturated carbocycles. The van der Waals surface area contributed by atoms with E-state index < -0.39 is 0 Å². The van der Waals surface area contributed by atoms with E-state index in [9.17, 15) is 4.79 Å². The number of para-hydroxylation sites is 1. The molecule has 2 aromatic carbocycles. The van der Waals surface area contributed by atoms with Crippen LogP contribution in [0.15, 0.2) is 42.5 Å². The van der Waals surface area contributed by atoms with Gasteiger partial charge in [0.2, 0.25) is 5.91 Å². The molecule has 0 saturated heterocycles. The van der Waals surface area contributed by atoms with E-state index in [-0.39, 0.29) is 12.3 Å². The van der Waals surface area contributed by atoms with E-state index in [1.165, 1.54) is 0 Å². The first-order valence-corrected chi connectivity index (χ1v) is 6.24. The molecule has 100 valence electrons. The minimum Gasteiger partial charge on any atom is -0.398 e. The molecule has 0 aliphatic rings. The van der Waals surface area contributed by atoms with Crippen molar-refractivity contribution in [2.75, 3.05) is 11.1 Å². The second-order valence-corrected chi connectivity index (χ2v) is 4.57. The van der Waals surface area contributed by atoms with Gasteiger partial charge >= 0.3 is 0 Å². The molecule has 0 bridgehead atoms. The van der Waals surface area contributed by atoms with Crippen molar-refractivity contribution < 1.29 is 4.79 Å². The molecule has 4 heteroatoms. The maximum atomic E-state index is 12.0. The Hall–Kier alpha value is -2.80. The Kier molecular flexibility index (Phi) is 4.02. The highest BCUT2D eigenvalue weighted by Crippen LogP contribution is 2.18. The first-order chi connectivity index (χ1) is 9.60. The monoisotopic (exact) mass is 265 g/mol. The summed E-state index contributed by atoms with van der Waals surface area (Å²) in [7, 11) is 0. The molecule has 0 aliphatic heterocycles. The van der Waals surface area contributed by atoms with Crippen molar-refractivity contribution in [1.29, 1.82) is 5.26 Å². The Morgan fingerprint density at radius 1 is 1.30 bits per heavy atom. The molecule has 0 aromatic heterocycles. The van der Waals surface area contributed by atoms with Crippen LogP contribution in [-0.2, 0) is 11.2 Å². The maximum Gasteiger partial charge on any atom is 0.228 e. The van der Waals surface area contributed by atoms with Crippen LogP contribution in [0.4, 0.5) is 11.4 Å². The van der Waals surface area contributed by atoms with Crippen LogP contribution in [0.5, 0.6) is 0 Å². The van der Waals surface area contributed by atoms with E-state index in [1.54, 1.807) is 18.2 Å². The van der Waals surface area contributed by atoms with E-state index in [0.717, 1.165) is 11.1 Å². The average molecular weight is 265 g/mol. The molecule has 4 nitrogen and oxygen atoms in total. The third-order valence-corrected chi connectivity index (χ3v) is 3.05. The minimum absolute atomic E-state index is 0.152. The maximum absolute atomic E-state index is 12.0.